The molecule has 1 amide bonds. The average molecular weight is 153 g/mol. The molecule has 58 valence electrons. The highest BCUT2D eigenvalue weighted by Gasteiger charge is 2.13. The average Bonchev–Trinajstić information content (AvgIpc) is 2.04. The van der Waals surface area contributed by atoms with Gasteiger partial charge in [0.05, 0.1) is 0 Å². The Kier molecular flexibility index (Phi) is 2.18. The van der Waals surface area contributed by atoms with Crippen LogP contribution in [0.5, 0.6) is 0 Å². The Morgan fingerprint density at radius 3 is 2.91 bits per heavy atom. The van der Waals surface area contributed by atoms with Crippen LogP contribution in [0.4, 0.5) is 0 Å². The number of hydrogen-bond acceptors (Lipinski definition) is 2. The summed E-state index contributed by atoms with van der Waals surface area (Å²) in [5.41, 5.74) is 1.97. The summed E-state index contributed by atoms with van der Waals surface area (Å²) >= 11 is 0. The Balaban J connectivity index is 3.03. The van der Waals surface area contributed by atoms with Crippen molar-refractivity contribution in [2.24, 2.45) is 7.05 Å². The lowest BCUT2D eigenvalue weighted by molar-refractivity contribution is -0.673. The van der Waals surface area contributed by atoms with E-state index in [1.54, 1.807) is 41.5 Å². The smallest absolute Gasteiger partial charge is 0.288 e. The van der Waals surface area contributed by atoms with Crippen molar-refractivity contribution in [2.75, 3.05) is 0 Å². The maximum absolute atomic E-state index is 10.9. The molecule has 0 atom stereocenters. The van der Waals surface area contributed by atoms with E-state index in [-0.39, 0.29) is 0 Å². The summed E-state index contributed by atoms with van der Waals surface area (Å²) in [6, 6.07) is 5.14. The van der Waals surface area contributed by atoms with Crippen molar-refractivity contribution < 1.29 is 14.6 Å². The predicted octanol–water partition coefficient (Wildman–Crippen LogP) is -0.370. The molecule has 0 aliphatic heterocycles. The van der Waals surface area contributed by atoms with Gasteiger partial charge in [-0.3, -0.25) is 10.0 Å². The highest BCUT2D eigenvalue weighted by molar-refractivity contribution is 5.89. The van der Waals surface area contributed by atoms with Gasteiger partial charge in [0.15, 0.2) is 6.20 Å². The summed E-state index contributed by atoms with van der Waals surface area (Å²) in [5.74, 6) is -0.506. The van der Waals surface area contributed by atoms with Gasteiger partial charge >= 0.3 is 5.91 Å². The lowest BCUT2D eigenvalue weighted by Crippen LogP contribution is -2.39. The van der Waals surface area contributed by atoms with Crippen LogP contribution in [0, 0.1) is 0 Å². The van der Waals surface area contributed by atoms with Crippen LogP contribution in [-0.2, 0) is 7.05 Å². The van der Waals surface area contributed by atoms with Gasteiger partial charge < -0.3 is 0 Å². The molecule has 1 aromatic heterocycles. The Hall–Kier alpha value is -1.42. The number of carbonyl (C=O) groups excluding carboxylic acids is 1. The van der Waals surface area contributed by atoms with Gasteiger partial charge in [0.2, 0.25) is 0 Å². The second kappa shape index (κ2) is 3.12. The quantitative estimate of drug-likeness (QED) is 0.328. The number of carbonyl (C=O) groups is 1. The lowest BCUT2D eigenvalue weighted by Gasteiger charge is -1.94. The van der Waals surface area contributed by atoms with E-state index in [0.29, 0.717) is 5.69 Å². The van der Waals surface area contributed by atoms with Crippen molar-refractivity contribution in [1.29, 1.82) is 0 Å². The summed E-state index contributed by atoms with van der Waals surface area (Å²) in [6.07, 6.45) is 1.73. The maximum atomic E-state index is 10.9. The number of hydroxylamine groups is 1. The van der Waals surface area contributed by atoms with Crippen LogP contribution in [0.2, 0.25) is 0 Å². The van der Waals surface area contributed by atoms with Gasteiger partial charge in [-0.1, -0.05) is 0 Å². The van der Waals surface area contributed by atoms with Crippen molar-refractivity contribution in [1.82, 2.24) is 5.48 Å². The van der Waals surface area contributed by atoms with Crippen LogP contribution in [0.1, 0.15) is 10.5 Å². The number of aromatic nitrogens is 1. The standard InChI is InChI=1S/C7H8N2O2/c1-9-5-3-2-4-6(9)7(10)8-11/h2-5H,1H3,(H-,8,10,11)/p+1. The third-order valence-electron chi connectivity index (χ3n) is 1.39. The van der Waals surface area contributed by atoms with Crippen LogP contribution in [0.3, 0.4) is 0 Å². The van der Waals surface area contributed by atoms with Crippen molar-refractivity contribution in [3.8, 4) is 0 Å². The zero-order chi connectivity index (χ0) is 8.27. The van der Waals surface area contributed by atoms with E-state index < -0.39 is 5.91 Å². The summed E-state index contributed by atoms with van der Waals surface area (Å²) in [5, 5.41) is 8.30. The number of amides is 1. The predicted molar refractivity (Wildman–Crippen MR) is 36.9 cm³/mol. The number of pyridine rings is 1. The van der Waals surface area contributed by atoms with Gasteiger partial charge in [-0.25, -0.2) is 5.48 Å². The fraction of sp³-hybridized carbons (Fsp3) is 0.143. The molecule has 0 bridgehead atoms. The van der Waals surface area contributed by atoms with Crippen LogP contribution in [0.15, 0.2) is 24.4 Å². The number of rotatable bonds is 1. The minimum atomic E-state index is -0.506. The fourth-order valence-corrected chi connectivity index (χ4v) is 0.816. The molecule has 0 saturated heterocycles. The van der Waals surface area contributed by atoms with E-state index in [4.69, 9.17) is 5.21 Å². The summed E-state index contributed by atoms with van der Waals surface area (Å²) < 4.78 is 1.62. The fourth-order valence-electron chi connectivity index (χ4n) is 0.816. The molecule has 0 fully saturated rings. The zero-order valence-corrected chi connectivity index (χ0v) is 6.11. The molecule has 1 rings (SSSR count). The van der Waals surface area contributed by atoms with Gasteiger partial charge in [-0.2, -0.15) is 4.57 Å². The molecule has 0 saturated carbocycles. The summed E-state index contributed by atoms with van der Waals surface area (Å²) in [6.45, 7) is 0. The van der Waals surface area contributed by atoms with Crippen molar-refractivity contribution in [2.45, 2.75) is 0 Å². The molecule has 0 aliphatic rings. The Morgan fingerprint density at radius 2 is 2.36 bits per heavy atom. The first-order valence-electron chi connectivity index (χ1n) is 3.15. The van der Waals surface area contributed by atoms with E-state index in [2.05, 4.69) is 0 Å². The zero-order valence-electron chi connectivity index (χ0n) is 6.11. The Bertz CT molecular complexity index is 273. The minimum absolute atomic E-state index is 0.412. The molecule has 0 aliphatic carbocycles. The highest BCUT2D eigenvalue weighted by Crippen LogP contribution is 1.88. The van der Waals surface area contributed by atoms with Crippen molar-refractivity contribution in [3.05, 3.63) is 30.1 Å². The van der Waals surface area contributed by atoms with Crippen LogP contribution in [-0.4, -0.2) is 11.1 Å². The van der Waals surface area contributed by atoms with Crippen molar-refractivity contribution >= 4 is 5.91 Å². The maximum Gasteiger partial charge on any atom is 0.339 e. The van der Waals surface area contributed by atoms with Crippen LogP contribution in [0.25, 0.3) is 0 Å². The summed E-state index contributed by atoms with van der Waals surface area (Å²) in [7, 11) is 1.73. The van der Waals surface area contributed by atoms with Gasteiger partial charge in [0.25, 0.3) is 5.69 Å². The third kappa shape index (κ3) is 1.53. The normalized spacial score (nSPS) is 9.27. The summed E-state index contributed by atoms with van der Waals surface area (Å²) in [4.78, 5) is 10.9. The van der Waals surface area contributed by atoms with Crippen LogP contribution >= 0.6 is 0 Å². The van der Waals surface area contributed by atoms with E-state index in [1.807, 2.05) is 0 Å². The van der Waals surface area contributed by atoms with Gasteiger partial charge in [-0.15, -0.1) is 0 Å². The monoisotopic (exact) mass is 153 g/mol. The Morgan fingerprint density at radius 1 is 1.64 bits per heavy atom. The number of nitrogens with one attached hydrogen (secondary N) is 1. The van der Waals surface area contributed by atoms with Crippen LogP contribution < -0.4 is 10.0 Å². The molecule has 2 N–H and O–H groups in total. The topological polar surface area (TPSA) is 53.2 Å². The van der Waals surface area contributed by atoms with Gasteiger partial charge in [0.1, 0.15) is 7.05 Å². The molecular weight excluding hydrogens is 144 g/mol. The van der Waals surface area contributed by atoms with Gasteiger partial charge in [-0.05, 0) is 6.07 Å². The third-order valence-corrected chi connectivity index (χ3v) is 1.39. The first-order chi connectivity index (χ1) is 5.25. The number of aryl methyl sites for hydroxylation is 1. The number of nitrogens with zero attached hydrogens (tertiary/aromatic N) is 1. The van der Waals surface area contributed by atoms with Crippen molar-refractivity contribution in [3.63, 3.8) is 0 Å². The molecule has 1 aromatic rings. The molecule has 4 nitrogen and oxygen atoms in total. The SMILES string of the molecule is C[n+]1ccccc1C(=O)NO. The second-order valence-electron chi connectivity index (χ2n) is 2.14. The molecule has 4 heteroatoms. The van der Waals surface area contributed by atoms with E-state index >= 15 is 0 Å². The molecule has 0 spiro atoms. The van der Waals surface area contributed by atoms with Gasteiger partial charge in [0, 0.05) is 12.1 Å². The molecule has 0 unspecified atom stereocenters. The molecule has 11 heavy (non-hydrogen) atoms. The van der Waals surface area contributed by atoms with E-state index in [9.17, 15) is 4.79 Å². The Labute approximate surface area is 64.1 Å². The highest BCUT2D eigenvalue weighted by atomic mass is 16.5. The number of hydrogen-bond donors (Lipinski definition) is 2. The first-order valence-corrected chi connectivity index (χ1v) is 3.15. The molecular formula is C7H9N2O2+. The van der Waals surface area contributed by atoms with E-state index in [0.717, 1.165) is 0 Å². The minimum Gasteiger partial charge on any atom is -0.288 e. The lowest BCUT2D eigenvalue weighted by atomic mass is 10.3. The first kappa shape index (κ1) is 7.68. The molecule has 0 aromatic carbocycles. The van der Waals surface area contributed by atoms with E-state index in [1.165, 1.54) is 0 Å². The molecule has 1 heterocycles. The second-order valence-corrected chi connectivity index (χ2v) is 2.14. The molecule has 0 radical (unpaired) electrons. The largest absolute Gasteiger partial charge is 0.339 e.